The van der Waals surface area contributed by atoms with E-state index < -0.39 is 14.8 Å². The summed E-state index contributed by atoms with van der Waals surface area (Å²) in [4.78, 5) is 22.4. The minimum absolute atomic E-state index is 0.00686. The molecule has 4 rings (SSSR count). The van der Waals surface area contributed by atoms with Crippen LogP contribution < -0.4 is 5.32 Å². The van der Waals surface area contributed by atoms with Crippen LogP contribution in [0.5, 0.6) is 0 Å². The summed E-state index contributed by atoms with van der Waals surface area (Å²) in [5.74, 6) is -0.280. The third-order valence-electron chi connectivity index (χ3n) is 4.85. The van der Waals surface area contributed by atoms with Gasteiger partial charge in [-0.05, 0) is 36.6 Å². The van der Waals surface area contributed by atoms with Crippen molar-refractivity contribution in [3.05, 3.63) is 75.8 Å². The molecule has 0 atom stereocenters. The van der Waals surface area contributed by atoms with E-state index in [1.54, 1.807) is 36.4 Å². The van der Waals surface area contributed by atoms with E-state index in [0.29, 0.717) is 34.9 Å². The van der Waals surface area contributed by atoms with Crippen LogP contribution in [0.25, 0.3) is 10.8 Å². The molecule has 0 unspecified atom stereocenters. The molecule has 0 radical (unpaired) electrons. The van der Waals surface area contributed by atoms with Crippen molar-refractivity contribution in [2.75, 3.05) is 11.1 Å². The molecular weight excluding hydrogens is 380 g/mol. The number of nitro groups is 1. The molecule has 0 fully saturated rings. The summed E-state index contributed by atoms with van der Waals surface area (Å²) >= 11 is 0. The number of amides is 1. The number of sulfone groups is 1. The van der Waals surface area contributed by atoms with Gasteiger partial charge in [0, 0.05) is 34.2 Å². The molecule has 142 valence electrons. The Morgan fingerprint density at radius 2 is 1.75 bits per heavy atom. The van der Waals surface area contributed by atoms with Gasteiger partial charge in [0.25, 0.3) is 11.6 Å². The first kappa shape index (κ1) is 18.1. The molecule has 0 saturated heterocycles. The summed E-state index contributed by atoms with van der Waals surface area (Å²) in [6.45, 7) is 0. The highest BCUT2D eigenvalue weighted by molar-refractivity contribution is 7.91. The van der Waals surface area contributed by atoms with Gasteiger partial charge in [0.05, 0.1) is 15.6 Å². The number of nitrogens with zero attached hydrogens (tertiary/aromatic N) is 1. The third-order valence-corrected chi connectivity index (χ3v) is 6.71. The molecule has 0 aromatic heterocycles. The van der Waals surface area contributed by atoms with Crippen molar-refractivity contribution in [3.8, 4) is 0 Å². The predicted octanol–water partition coefficient (Wildman–Crippen LogP) is 3.72. The van der Waals surface area contributed by atoms with Gasteiger partial charge in [0.1, 0.15) is 0 Å². The molecule has 3 aromatic rings. The van der Waals surface area contributed by atoms with Crippen LogP contribution in [0.1, 0.15) is 22.3 Å². The number of carbonyl (C=O) groups excluding carboxylic acids is 1. The first-order valence-corrected chi connectivity index (χ1v) is 10.4. The van der Waals surface area contributed by atoms with E-state index in [1.807, 2.05) is 0 Å². The normalized spacial score (nSPS) is 12.9. The predicted molar refractivity (Wildman–Crippen MR) is 105 cm³/mol. The molecule has 0 saturated carbocycles. The smallest absolute Gasteiger partial charge is 0.269 e. The maximum atomic E-state index is 12.9. The molecule has 1 heterocycles. The monoisotopic (exact) mass is 396 g/mol. The SMILES string of the molecule is O=C1Nc2ccc(S(=O)(=O)CCCc3ccc([N+](=O)[O-])cc3)c3cccc1c23. The minimum Gasteiger partial charge on any atom is -0.321 e. The van der Waals surface area contributed by atoms with Crippen LogP contribution >= 0.6 is 0 Å². The summed E-state index contributed by atoms with van der Waals surface area (Å²) in [7, 11) is -3.55. The molecule has 0 spiro atoms. The summed E-state index contributed by atoms with van der Waals surface area (Å²) in [5, 5.41) is 14.6. The number of hydrogen-bond donors (Lipinski definition) is 1. The van der Waals surface area contributed by atoms with Crippen LogP contribution in [0.2, 0.25) is 0 Å². The topological polar surface area (TPSA) is 106 Å². The lowest BCUT2D eigenvalue weighted by Crippen LogP contribution is -2.08. The lowest BCUT2D eigenvalue weighted by Gasteiger charge is -2.09. The van der Waals surface area contributed by atoms with Crippen molar-refractivity contribution in [1.82, 2.24) is 0 Å². The Balaban J connectivity index is 1.55. The highest BCUT2D eigenvalue weighted by Gasteiger charge is 2.26. The Morgan fingerprint density at radius 1 is 1.00 bits per heavy atom. The van der Waals surface area contributed by atoms with Gasteiger partial charge in [-0.15, -0.1) is 0 Å². The van der Waals surface area contributed by atoms with E-state index in [2.05, 4.69) is 5.32 Å². The lowest BCUT2D eigenvalue weighted by atomic mass is 10.1. The highest BCUT2D eigenvalue weighted by Crippen LogP contribution is 2.36. The zero-order valence-electron chi connectivity index (χ0n) is 14.7. The third kappa shape index (κ3) is 3.11. The summed E-state index contributed by atoms with van der Waals surface area (Å²) in [5.41, 5.74) is 1.96. The van der Waals surface area contributed by atoms with Gasteiger partial charge < -0.3 is 5.32 Å². The van der Waals surface area contributed by atoms with Crippen LogP contribution in [0, 0.1) is 10.1 Å². The number of hydrogen-bond acceptors (Lipinski definition) is 5. The molecule has 1 aliphatic rings. The van der Waals surface area contributed by atoms with E-state index in [-0.39, 0.29) is 22.2 Å². The largest absolute Gasteiger partial charge is 0.321 e. The molecule has 8 heteroatoms. The van der Waals surface area contributed by atoms with Gasteiger partial charge in [-0.2, -0.15) is 0 Å². The van der Waals surface area contributed by atoms with Crippen LogP contribution in [0.3, 0.4) is 0 Å². The van der Waals surface area contributed by atoms with Gasteiger partial charge in [0.2, 0.25) is 0 Å². The van der Waals surface area contributed by atoms with E-state index >= 15 is 0 Å². The molecule has 28 heavy (non-hydrogen) atoms. The first-order valence-electron chi connectivity index (χ1n) is 8.70. The maximum Gasteiger partial charge on any atom is 0.269 e. The zero-order valence-corrected chi connectivity index (χ0v) is 15.5. The van der Waals surface area contributed by atoms with Crippen LogP contribution in [-0.2, 0) is 16.3 Å². The Morgan fingerprint density at radius 3 is 2.46 bits per heavy atom. The van der Waals surface area contributed by atoms with E-state index in [4.69, 9.17) is 0 Å². The van der Waals surface area contributed by atoms with Crippen molar-refractivity contribution < 1.29 is 18.1 Å². The lowest BCUT2D eigenvalue weighted by molar-refractivity contribution is -0.384. The van der Waals surface area contributed by atoms with Gasteiger partial charge in [-0.1, -0.05) is 24.3 Å². The average molecular weight is 396 g/mol. The fourth-order valence-electron chi connectivity index (χ4n) is 3.49. The van der Waals surface area contributed by atoms with Crippen LogP contribution in [0.4, 0.5) is 11.4 Å². The fourth-order valence-corrected chi connectivity index (χ4v) is 5.02. The molecule has 1 aliphatic heterocycles. The van der Waals surface area contributed by atoms with Gasteiger partial charge in [0.15, 0.2) is 9.84 Å². The van der Waals surface area contributed by atoms with Crippen LogP contribution in [-0.4, -0.2) is 25.0 Å². The van der Waals surface area contributed by atoms with E-state index in [0.717, 1.165) is 5.56 Å². The number of benzene rings is 3. The first-order chi connectivity index (χ1) is 13.4. The molecule has 1 N–H and O–H groups in total. The molecule has 1 amide bonds. The number of nitrogens with one attached hydrogen (secondary N) is 1. The summed E-state index contributed by atoms with van der Waals surface area (Å²) < 4.78 is 25.8. The number of non-ortho nitro benzene ring substituents is 1. The second kappa shape index (κ2) is 6.72. The van der Waals surface area contributed by atoms with Crippen molar-refractivity contribution in [2.45, 2.75) is 17.7 Å². The Kier molecular flexibility index (Phi) is 4.35. The van der Waals surface area contributed by atoms with Crippen molar-refractivity contribution in [1.29, 1.82) is 0 Å². The number of rotatable bonds is 6. The van der Waals surface area contributed by atoms with Crippen LogP contribution in [0.15, 0.2) is 59.5 Å². The Bertz CT molecular complexity index is 1220. The minimum atomic E-state index is -3.55. The second-order valence-electron chi connectivity index (χ2n) is 6.64. The van der Waals surface area contributed by atoms with E-state index in [1.165, 1.54) is 18.2 Å². The van der Waals surface area contributed by atoms with Crippen molar-refractivity contribution in [2.24, 2.45) is 0 Å². The second-order valence-corrected chi connectivity index (χ2v) is 8.72. The van der Waals surface area contributed by atoms with Crippen molar-refractivity contribution >= 4 is 37.9 Å². The average Bonchev–Trinajstić information content (AvgIpc) is 3.00. The number of carbonyl (C=O) groups is 1. The quantitative estimate of drug-likeness (QED) is 0.505. The summed E-state index contributed by atoms with van der Waals surface area (Å²) in [6.07, 6.45) is 0.888. The Hall–Kier alpha value is -3.26. The van der Waals surface area contributed by atoms with Crippen molar-refractivity contribution in [3.63, 3.8) is 0 Å². The Labute approximate surface area is 161 Å². The number of anilines is 1. The maximum absolute atomic E-state index is 12.9. The van der Waals surface area contributed by atoms with Gasteiger partial charge in [-0.25, -0.2) is 8.42 Å². The molecule has 3 aromatic carbocycles. The number of aryl methyl sites for hydroxylation is 1. The standard InChI is InChI=1S/C20H16N2O5S/c23-20-16-5-1-4-15-18(11-10-17(21-20)19(15)16)28(26,27)12-2-3-13-6-8-14(9-7-13)22(24)25/h1,4-11H,2-3,12H2,(H,21,23). The zero-order chi connectivity index (χ0) is 19.9. The highest BCUT2D eigenvalue weighted by atomic mass is 32.2. The van der Waals surface area contributed by atoms with Gasteiger partial charge in [-0.3, -0.25) is 14.9 Å². The molecule has 0 aliphatic carbocycles. The number of nitro benzene ring substituents is 1. The molecule has 7 nitrogen and oxygen atoms in total. The molecule has 0 bridgehead atoms. The van der Waals surface area contributed by atoms with E-state index in [9.17, 15) is 23.3 Å². The van der Waals surface area contributed by atoms with Gasteiger partial charge >= 0.3 is 0 Å². The summed E-state index contributed by atoms with van der Waals surface area (Å²) in [6, 6.07) is 14.3. The fraction of sp³-hybridized carbons (Fsp3) is 0.150. The molecular formula is C20H16N2O5S.